The molecule has 0 fully saturated rings. The van der Waals surface area contributed by atoms with E-state index in [2.05, 4.69) is 10.3 Å². The van der Waals surface area contributed by atoms with Crippen molar-refractivity contribution in [1.29, 1.82) is 0 Å². The number of aryl methyl sites for hydroxylation is 2. The molecule has 0 spiro atoms. The third-order valence-electron chi connectivity index (χ3n) is 4.36. The molecular formula is C22H23N3O5S. The number of ether oxygens (including phenoxy) is 2. The number of nitrogens with one attached hydrogen (secondary N) is 1. The summed E-state index contributed by atoms with van der Waals surface area (Å²) in [6.45, 7) is 5.61. The number of hydrogen-bond donors (Lipinski definition) is 1. The minimum Gasteiger partial charge on any atom is -0.483 e. The fourth-order valence-electron chi connectivity index (χ4n) is 2.81. The number of pyridine rings is 1. The van der Waals surface area contributed by atoms with Crippen LogP contribution >= 0.6 is 11.3 Å². The van der Waals surface area contributed by atoms with Crippen molar-refractivity contribution in [3.63, 3.8) is 0 Å². The molecule has 9 heteroatoms. The molecule has 0 aliphatic carbocycles. The van der Waals surface area contributed by atoms with E-state index < -0.39 is 5.97 Å². The van der Waals surface area contributed by atoms with Crippen LogP contribution in [0.2, 0.25) is 0 Å². The Morgan fingerprint density at radius 3 is 2.65 bits per heavy atom. The first-order valence-electron chi connectivity index (χ1n) is 9.69. The highest BCUT2D eigenvalue weighted by molar-refractivity contribution is 7.17. The number of anilines is 1. The van der Waals surface area contributed by atoms with E-state index >= 15 is 0 Å². The maximum atomic E-state index is 12.5. The Balaban J connectivity index is 1.69. The Hall–Kier alpha value is -3.46. The molecule has 3 aromatic rings. The summed E-state index contributed by atoms with van der Waals surface area (Å²) in [5.74, 6) is -0.642. The molecule has 162 valence electrons. The van der Waals surface area contributed by atoms with Gasteiger partial charge in [0.05, 0.1) is 18.5 Å². The van der Waals surface area contributed by atoms with Crippen molar-refractivity contribution in [1.82, 2.24) is 9.55 Å². The lowest BCUT2D eigenvalue weighted by atomic mass is 10.2. The summed E-state index contributed by atoms with van der Waals surface area (Å²) in [5, 5.41) is 3.00. The largest absolute Gasteiger partial charge is 0.483 e. The number of benzene rings is 1. The molecule has 1 amide bonds. The van der Waals surface area contributed by atoms with E-state index in [9.17, 15) is 14.4 Å². The average molecular weight is 442 g/mol. The topological polar surface area (TPSA) is 99.5 Å². The Bertz CT molecular complexity index is 1140. The molecular weight excluding hydrogens is 418 g/mol. The summed E-state index contributed by atoms with van der Waals surface area (Å²) in [6, 6.07) is 10.9. The zero-order valence-corrected chi connectivity index (χ0v) is 18.3. The molecule has 1 N–H and O–H groups in total. The normalized spacial score (nSPS) is 10.5. The number of thiazole rings is 1. The predicted molar refractivity (Wildman–Crippen MR) is 118 cm³/mol. The van der Waals surface area contributed by atoms with Crippen LogP contribution in [-0.4, -0.2) is 28.0 Å². The van der Waals surface area contributed by atoms with Crippen molar-refractivity contribution in [3.8, 4) is 5.75 Å². The lowest BCUT2D eigenvalue weighted by molar-refractivity contribution is -0.116. The zero-order chi connectivity index (χ0) is 22.4. The second kappa shape index (κ2) is 10.0. The third-order valence-corrected chi connectivity index (χ3v) is 5.42. The molecule has 0 aliphatic rings. The molecule has 0 aliphatic heterocycles. The van der Waals surface area contributed by atoms with Crippen LogP contribution in [0.1, 0.15) is 33.5 Å². The van der Waals surface area contributed by atoms with Crippen molar-refractivity contribution in [2.24, 2.45) is 0 Å². The molecule has 3 rings (SSSR count). The molecule has 1 aromatic carbocycles. The Labute approximate surface area is 183 Å². The third kappa shape index (κ3) is 5.79. The van der Waals surface area contributed by atoms with Crippen molar-refractivity contribution in [2.45, 2.75) is 33.9 Å². The van der Waals surface area contributed by atoms with Crippen molar-refractivity contribution in [3.05, 3.63) is 74.6 Å². The molecule has 31 heavy (non-hydrogen) atoms. The van der Waals surface area contributed by atoms with Gasteiger partial charge in [-0.2, -0.15) is 0 Å². The van der Waals surface area contributed by atoms with Crippen LogP contribution in [-0.2, 0) is 22.7 Å². The summed E-state index contributed by atoms with van der Waals surface area (Å²) in [6.07, 6.45) is 1.53. The van der Waals surface area contributed by atoms with Crippen LogP contribution in [0.15, 0.2) is 47.4 Å². The summed E-state index contributed by atoms with van der Waals surface area (Å²) in [4.78, 5) is 41.3. The van der Waals surface area contributed by atoms with E-state index in [-0.39, 0.29) is 36.8 Å². The van der Waals surface area contributed by atoms with Crippen molar-refractivity contribution >= 4 is 28.3 Å². The first-order chi connectivity index (χ1) is 14.9. The first kappa shape index (κ1) is 22.2. The van der Waals surface area contributed by atoms with Crippen LogP contribution in [0, 0.1) is 13.8 Å². The van der Waals surface area contributed by atoms with Gasteiger partial charge in [0.15, 0.2) is 10.9 Å². The van der Waals surface area contributed by atoms with Gasteiger partial charge >= 0.3 is 5.97 Å². The highest BCUT2D eigenvalue weighted by Crippen LogP contribution is 2.23. The monoisotopic (exact) mass is 441 g/mol. The number of carbonyl (C=O) groups excluding carboxylic acids is 2. The number of aromatic nitrogens is 2. The summed E-state index contributed by atoms with van der Waals surface area (Å²) in [5.41, 5.74) is 1.80. The number of carbonyl (C=O) groups is 2. The SMILES string of the molecule is CCOC(=O)c1sc(NC(=O)Cn2cc(OCc3ccccc3)c(=O)cc2C)nc1C. The number of hydrogen-bond acceptors (Lipinski definition) is 7. The van der Waals surface area contributed by atoms with Crippen LogP contribution in [0.3, 0.4) is 0 Å². The molecule has 2 aromatic heterocycles. The Morgan fingerprint density at radius 1 is 1.19 bits per heavy atom. The average Bonchev–Trinajstić information content (AvgIpc) is 3.10. The van der Waals surface area contributed by atoms with Gasteiger partial charge in [0.2, 0.25) is 11.3 Å². The van der Waals surface area contributed by atoms with Crippen LogP contribution in [0.4, 0.5) is 5.13 Å². The highest BCUT2D eigenvalue weighted by atomic mass is 32.1. The molecule has 0 atom stereocenters. The molecule has 0 saturated heterocycles. The van der Waals surface area contributed by atoms with E-state index in [0.29, 0.717) is 21.4 Å². The number of rotatable bonds is 8. The number of nitrogens with zero attached hydrogens (tertiary/aromatic N) is 2. The maximum absolute atomic E-state index is 12.5. The van der Waals surface area contributed by atoms with E-state index in [1.54, 1.807) is 25.3 Å². The van der Waals surface area contributed by atoms with Gasteiger partial charge in [-0.15, -0.1) is 0 Å². The zero-order valence-electron chi connectivity index (χ0n) is 17.5. The van der Waals surface area contributed by atoms with Crippen LogP contribution < -0.4 is 15.5 Å². The second-order valence-corrected chi connectivity index (χ2v) is 7.75. The van der Waals surface area contributed by atoms with Crippen LogP contribution in [0.5, 0.6) is 5.75 Å². The van der Waals surface area contributed by atoms with E-state index in [1.165, 1.54) is 12.3 Å². The summed E-state index contributed by atoms with van der Waals surface area (Å²) in [7, 11) is 0. The molecule has 2 heterocycles. The fourth-order valence-corrected chi connectivity index (χ4v) is 3.69. The van der Waals surface area contributed by atoms with Gasteiger partial charge in [0.25, 0.3) is 0 Å². The fraction of sp³-hybridized carbons (Fsp3) is 0.273. The van der Waals surface area contributed by atoms with Gasteiger partial charge in [0.1, 0.15) is 18.0 Å². The Morgan fingerprint density at radius 2 is 1.94 bits per heavy atom. The van der Waals surface area contributed by atoms with Crippen LogP contribution in [0.25, 0.3) is 0 Å². The molecule has 0 unspecified atom stereocenters. The van der Waals surface area contributed by atoms with Gasteiger partial charge in [-0.3, -0.25) is 9.59 Å². The smallest absolute Gasteiger partial charge is 0.350 e. The van der Waals surface area contributed by atoms with Gasteiger partial charge in [0, 0.05) is 11.8 Å². The molecule has 8 nitrogen and oxygen atoms in total. The van der Waals surface area contributed by atoms with E-state index in [0.717, 1.165) is 16.9 Å². The standard InChI is InChI=1S/C22H23N3O5S/c1-4-29-21(28)20-15(3)23-22(31-20)24-19(27)12-25-11-18(17(26)10-14(25)2)30-13-16-8-6-5-7-9-16/h5-11H,4,12-13H2,1-3H3,(H,23,24,27). The van der Waals surface area contributed by atoms with E-state index in [1.807, 2.05) is 30.3 Å². The molecule has 0 bridgehead atoms. The first-order valence-corrected chi connectivity index (χ1v) is 10.5. The molecule has 0 saturated carbocycles. The van der Waals surface area contributed by atoms with E-state index in [4.69, 9.17) is 9.47 Å². The Kier molecular flexibility index (Phi) is 7.19. The quantitative estimate of drug-likeness (QED) is 0.539. The predicted octanol–water partition coefficient (Wildman–Crippen LogP) is 3.32. The highest BCUT2D eigenvalue weighted by Gasteiger charge is 2.18. The van der Waals surface area contributed by atoms with Crippen molar-refractivity contribution < 1.29 is 19.1 Å². The van der Waals surface area contributed by atoms with Gasteiger partial charge in [-0.1, -0.05) is 41.7 Å². The van der Waals surface area contributed by atoms with Gasteiger partial charge in [-0.25, -0.2) is 9.78 Å². The minimum atomic E-state index is -0.463. The number of esters is 1. The maximum Gasteiger partial charge on any atom is 0.350 e. The van der Waals surface area contributed by atoms with Gasteiger partial charge < -0.3 is 19.4 Å². The lowest BCUT2D eigenvalue weighted by Gasteiger charge is -2.13. The minimum absolute atomic E-state index is 0.0405. The molecule has 0 radical (unpaired) electrons. The van der Waals surface area contributed by atoms with Crippen molar-refractivity contribution in [2.75, 3.05) is 11.9 Å². The number of amides is 1. The summed E-state index contributed by atoms with van der Waals surface area (Å²) < 4.78 is 12.3. The second-order valence-electron chi connectivity index (χ2n) is 6.75. The van der Waals surface area contributed by atoms with Gasteiger partial charge in [-0.05, 0) is 26.3 Å². The summed E-state index contributed by atoms with van der Waals surface area (Å²) >= 11 is 1.06. The lowest BCUT2D eigenvalue weighted by Crippen LogP contribution is -2.22.